The topological polar surface area (TPSA) is 92.8 Å². The molecule has 10 heteroatoms. The number of aryl methyl sites for hydroxylation is 1. The number of halogens is 2. The molecular weight excluding hydrogens is 523 g/mol. The zero-order valence-corrected chi connectivity index (χ0v) is 22.2. The van der Waals surface area contributed by atoms with Crippen molar-refractivity contribution in [2.24, 2.45) is 0 Å². The number of hydrogen-bond acceptors (Lipinski definition) is 5. The Morgan fingerprint density at radius 3 is 2.14 bits per heavy atom. The number of anilines is 2. The second-order valence-electron chi connectivity index (χ2n) is 8.07. The standard InChI is InChI=1S/C26H26Cl2N2O5S/c1-3-4-13-35-26(32)19-7-9-22(10-8-19)29-25(31)17-30(23-15-20(27)14-21(28)16-23)36(33,34)24-11-5-18(2)6-12-24/h5-12,14-16H,3-4,13,17H2,1-2H3,(H,29,31). The number of nitrogens with one attached hydrogen (secondary N) is 1. The number of ether oxygens (including phenoxy) is 1. The van der Waals surface area contributed by atoms with E-state index in [0.717, 1.165) is 22.7 Å². The molecule has 0 aliphatic rings. The summed E-state index contributed by atoms with van der Waals surface area (Å²) in [6.07, 6.45) is 1.69. The third-order valence-corrected chi connectivity index (χ3v) is 7.39. The number of esters is 1. The van der Waals surface area contributed by atoms with E-state index in [2.05, 4.69) is 5.32 Å². The number of hydrogen-bond donors (Lipinski definition) is 1. The Bertz CT molecular complexity index is 1310. The van der Waals surface area contributed by atoms with E-state index in [1.165, 1.54) is 42.5 Å². The smallest absolute Gasteiger partial charge is 0.338 e. The van der Waals surface area contributed by atoms with Gasteiger partial charge in [0.05, 0.1) is 22.8 Å². The number of carbonyl (C=O) groups excluding carboxylic acids is 2. The number of sulfonamides is 1. The van der Waals surface area contributed by atoms with Gasteiger partial charge < -0.3 is 10.1 Å². The van der Waals surface area contributed by atoms with Crippen molar-refractivity contribution < 1.29 is 22.7 Å². The minimum Gasteiger partial charge on any atom is -0.462 e. The molecule has 0 saturated heterocycles. The molecule has 0 aliphatic carbocycles. The SMILES string of the molecule is CCCCOC(=O)c1ccc(NC(=O)CN(c2cc(Cl)cc(Cl)c2)S(=O)(=O)c2ccc(C)cc2)cc1. The summed E-state index contributed by atoms with van der Waals surface area (Å²) in [7, 11) is -4.13. The number of amides is 1. The molecule has 0 radical (unpaired) electrons. The van der Waals surface area contributed by atoms with Gasteiger partial charge >= 0.3 is 5.97 Å². The number of carbonyl (C=O) groups is 2. The number of benzene rings is 3. The molecule has 0 aromatic heterocycles. The molecule has 0 spiro atoms. The van der Waals surface area contributed by atoms with Crippen molar-refractivity contribution in [2.45, 2.75) is 31.6 Å². The number of unbranched alkanes of at least 4 members (excludes halogenated alkanes) is 1. The Labute approximate surface area is 221 Å². The Balaban J connectivity index is 1.82. The predicted octanol–water partition coefficient (Wildman–Crippen LogP) is 6.09. The first-order valence-corrected chi connectivity index (χ1v) is 13.4. The van der Waals surface area contributed by atoms with Crippen molar-refractivity contribution in [3.8, 4) is 0 Å². The largest absolute Gasteiger partial charge is 0.462 e. The van der Waals surface area contributed by atoms with Gasteiger partial charge in [0.15, 0.2) is 0 Å². The molecule has 0 heterocycles. The lowest BCUT2D eigenvalue weighted by atomic mass is 10.2. The maximum Gasteiger partial charge on any atom is 0.338 e. The van der Waals surface area contributed by atoms with Crippen molar-refractivity contribution in [3.05, 3.63) is 87.9 Å². The highest BCUT2D eigenvalue weighted by Crippen LogP contribution is 2.30. The predicted molar refractivity (Wildman–Crippen MR) is 142 cm³/mol. The average Bonchev–Trinajstić information content (AvgIpc) is 2.82. The van der Waals surface area contributed by atoms with Crippen LogP contribution in [0, 0.1) is 6.92 Å². The molecule has 0 fully saturated rings. The van der Waals surface area contributed by atoms with Gasteiger partial charge in [-0.25, -0.2) is 13.2 Å². The van der Waals surface area contributed by atoms with E-state index in [-0.39, 0.29) is 20.6 Å². The van der Waals surface area contributed by atoms with Crippen LogP contribution in [0.1, 0.15) is 35.7 Å². The minimum atomic E-state index is -4.13. The normalized spacial score (nSPS) is 11.1. The van der Waals surface area contributed by atoms with Crippen LogP contribution < -0.4 is 9.62 Å². The maximum absolute atomic E-state index is 13.5. The van der Waals surface area contributed by atoms with Gasteiger partial charge in [0, 0.05) is 15.7 Å². The van der Waals surface area contributed by atoms with Crippen LogP contribution in [-0.2, 0) is 19.6 Å². The summed E-state index contributed by atoms with van der Waals surface area (Å²) < 4.78 is 33.1. The van der Waals surface area contributed by atoms with Crippen LogP contribution in [0.25, 0.3) is 0 Å². The molecule has 7 nitrogen and oxygen atoms in total. The molecule has 1 N–H and O–H groups in total. The van der Waals surface area contributed by atoms with Crippen LogP contribution in [-0.4, -0.2) is 33.4 Å². The van der Waals surface area contributed by atoms with Crippen molar-refractivity contribution in [3.63, 3.8) is 0 Å². The van der Waals surface area contributed by atoms with Crippen molar-refractivity contribution in [2.75, 3.05) is 22.8 Å². The fourth-order valence-corrected chi connectivity index (χ4v) is 5.17. The summed E-state index contributed by atoms with van der Waals surface area (Å²) in [5.41, 5.74) is 1.78. The van der Waals surface area contributed by atoms with Crippen molar-refractivity contribution >= 4 is 56.5 Å². The lowest BCUT2D eigenvalue weighted by molar-refractivity contribution is -0.114. The molecular formula is C26H26Cl2N2O5S. The van der Waals surface area contributed by atoms with Crippen molar-refractivity contribution in [1.82, 2.24) is 0 Å². The van der Waals surface area contributed by atoms with E-state index < -0.39 is 28.4 Å². The van der Waals surface area contributed by atoms with E-state index >= 15 is 0 Å². The van der Waals surface area contributed by atoms with Gasteiger partial charge in [-0.15, -0.1) is 0 Å². The second kappa shape index (κ2) is 12.3. The third kappa shape index (κ3) is 7.22. The van der Waals surface area contributed by atoms with Gasteiger partial charge in [-0.1, -0.05) is 54.2 Å². The van der Waals surface area contributed by atoms with Gasteiger partial charge in [0.1, 0.15) is 6.54 Å². The van der Waals surface area contributed by atoms with Crippen LogP contribution in [0.15, 0.2) is 71.6 Å². The summed E-state index contributed by atoms with van der Waals surface area (Å²) in [5.74, 6) is -1.05. The molecule has 1 amide bonds. The molecule has 3 rings (SSSR count). The molecule has 0 atom stereocenters. The number of nitrogens with zero attached hydrogens (tertiary/aromatic N) is 1. The van der Waals surface area contributed by atoms with Gasteiger partial charge in [-0.2, -0.15) is 0 Å². The second-order valence-corrected chi connectivity index (χ2v) is 10.8. The molecule has 36 heavy (non-hydrogen) atoms. The van der Waals surface area contributed by atoms with Crippen LogP contribution >= 0.6 is 23.2 Å². The van der Waals surface area contributed by atoms with E-state index in [1.807, 2.05) is 13.8 Å². The van der Waals surface area contributed by atoms with E-state index in [9.17, 15) is 18.0 Å². The maximum atomic E-state index is 13.5. The quantitative estimate of drug-likeness (QED) is 0.244. The molecule has 0 bridgehead atoms. The first-order valence-electron chi connectivity index (χ1n) is 11.2. The van der Waals surface area contributed by atoms with Gasteiger partial charge in [0.2, 0.25) is 5.91 Å². The molecule has 3 aromatic rings. The zero-order valence-electron chi connectivity index (χ0n) is 19.8. The molecule has 190 valence electrons. The fourth-order valence-electron chi connectivity index (χ4n) is 3.25. The minimum absolute atomic E-state index is 0.0166. The third-order valence-electron chi connectivity index (χ3n) is 5.17. The summed E-state index contributed by atoms with van der Waals surface area (Å²) in [5, 5.41) is 3.11. The Morgan fingerprint density at radius 1 is 0.944 bits per heavy atom. The van der Waals surface area contributed by atoms with Crippen molar-refractivity contribution in [1.29, 1.82) is 0 Å². The summed E-state index contributed by atoms with van der Waals surface area (Å²) >= 11 is 12.2. The van der Waals surface area contributed by atoms with E-state index in [0.29, 0.717) is 17.9 Å². The van der Waals surface area contributed by atoms with Crippen LogP contribution in [0.5, 0.6) is 0 Å². The first kappa shape index (κ1) is 27.5. The lowest BCUT2D eigenvalue weighted by Crippen LogP contribution is -2.38. The van der Waals surface area contributed by atoms with Gasteiger partial charge in [-0.05, 0) is 67.9 Å². The average molecular weight is 549 g/mol. The summed E-state index contributed by atoms with van der Waals surface area (Å²) in [6.45, 7) is 3.65. The fraction of sp³-hybridized carbons (Fsp3) is 0.231. The Hall–Kier alpha value is -3.07. The highest BCUT2D eigenvalue weighted by molar-refractivity contribution is 7.92. The first-order chi connectivity index (χ1) is 17.1. The number of rotatable bonds is 10. The summed E-state index contributed by atoms with van der Waals surface area (Å²) in [4.78, 5) is 25.0. The highest BCUT2D eigenvalue weighted by atomic mass is 35.5. The van der Waals surface area contributed by atoms with Crippen LogP contribution in [0.2, 0.25) is 10.0 Å². The lowest BCUT2D eigenvalue weighted by Gasteiger charge is -2.24. The van der Waals surface area contributed by atoms with Crippen LogP contribution in [0.4, 0.5) is 11.4 Å². The molecule has 0 saturated carbocycles. The zero-order chi connectivity index (χ0) is 26.3. The highest BCUT2D eigenvalue weighted by Gasteiger charge is 2.28. The Morgan fingerprint density at radius 2 is 1.56 bits per heavy atom. The van der Waals surface area contributed by atoms with Gasteiger partial charge in [-0.3, -0.25) is 9.10 Å². The monoisotopic (exact) mass is 548 g/mol. The van der Waals surface area contributed by atoms with Crippen LogP contribution in [0.3, 0.4) is 0 Å². The summed E-state index contributed by atoms with van der Waals surface area (Å²) in [6, 6.07) is 16.8. The van der Waals surface area contributed by atoms with Gasteiger partial charge in [0.25, 0.3) is 10.0 Å². The Kier molecular flexibility index (Phi) is 9.37. The molecule has 3 aromatic carbocycles. The molecule has 0 unspecified atom stereocenters. The van der Waals surface area contributed by atoms with E-state index in [4.69, 9.17) is 27.9 Å². The van der Waals surface area contributed by atoms with E-state index in [1.54, 1.807) is 24.3 Å². The molecule has 0 aliphatic heterocycles.